The molecule has 0 radical (unpaired) electrons. The fourth-order valence-electron chi connectivity index (χ4n) is 2.63. The molecule has 1 aliphatic rings. The van der Waals surface area contributed by atoms with Gasteiger partial charge in [0.25, 0.3) is 0 Å². The van der Waals surface area contributed by atoms with E-state index in [1.807, 2.05) is 0 Å². The van der Waals surface area contributed by atoms with Gasteiger partial charge in [0.05, 0.1) is 12.5 Å². The minimum Gasteiger partial charge on any atom is -0.481 e. The molecule has 1 aromatic rings. The Morgan fingerprint density at radius 3 is 2.48 bits per heavy atom. The quantitative estimate of drug-likeness (QED) is 0.800. The lowest BCUT2D eigenvalue weighted by atomic mass is 9.86. The Balaban J connectivity index is 1.71. The molecular weight excluding hydrogens is 288 g/mol. The summed E-state index contributed by atoms with van der Waals surface area (Å²) in [6.45, 7) is 4.68. The zero-order valence-corrected chi connectivity index (χ0v) is 13.3. The number of carboxylic acid groups (broad SMARTS) is 1. The van der Waals surface area contributed by atoms with Gasteiger partial charge in [0.15, 0.2) is 0 Å². The molecule has 2 amide bonds. The molecule has 0 spiro atoms. The highest BCUT2D eigenvalue weighted by molar-refractivity contribution is 7.12. The summed E-state index contributed by atoms with van der Waals surface area (Å²) in [5.41, 5.74) is 1.25. The van der Waals surface area contributed by atoms with Crippen LogP contribution in [0.2, 0.25) is 0 Å². The van der Waals surface area contributed by atoms with Gasteiger partial charge in [-0.3, -0.25) is 4.79 Å². The van der Waals surface area contributed by atoms with Crippen LogP contribution < -0.4 is 10.6 Å². The minimum atomic E-state index is -0.721. The molecule has 3 N–H and O–H groups in total. The van der Waals surface area contributed by atoms with E-state index in [2.05, 4.69) is 30.5 Å². The number of aryl methyl sites for hydroxylation is 2. The molecule has 1 fully saturated rings. The molecule has 0 aromatic carbocycles. The minimum absolute atomic E-state index is 0.0902. The van der Waals surface area contributed by atoms with Gasteiger partial charge in [0.2, 0.25) is 0 Å². The lowest BCUT2D eigenvalue weighted by Gasteiger charge is -2.26. The van der Waals surface area contributed by atoms with Crippen LogP contribution in [0.3, 0.4) is 0 Å². The number of nitrogens with one attached hydrogen (secondary N) is 2. The lowest BCUT2D eigenvalue weighted by molar-refractivity contribution is -0.142. The van der Waals surface area contributed by atoms with Crippen LogP contribution in [0.4, 0.5) is 4.79 Å². The first kappa shape index (κ1) is 15.8. The van der Waals surface area contributed by atoms with Gasteiger partial charge in [0, 0.05) is 15.8 Å². The van der Waals surface area contributed by atoms with E-state index in [4.69, 9.17) is 5.11 Å². The molecule has 1 aliphatic carbocycles. The van der Waals surface area contributed by atoms with Crippen LogP contribution in [0, 0.1) is 19.8 Å². The summed E-state index contributed by atoms with van der Waals surface area (Å²) in [6, 6.07) is 2.02. The van der Waals surface area contributed by atoms with Crippen LogP contribution in [0.25, 0.3) is 0 Å². The van der Waals surface area contributed by atoms with E-state index < -0.39 is 5.97 Å². The van der Waals surface area contributed by atoms with Crippen LogP contribution in [-0.2, 0) is 11.3 Å². The van der Waals surface area contributed by atoms with Crippen molar-refractivity contribution in [2.45, 2.75) is 52.1 Å². The summed E-state index contributed by atoms with van der Waals surface area (Å²) in [7, 11) is 0. The topological polar surface area (TPSA) is 78.4 Å². The van der Waals surface area contributed by atoms with Gasteiger partial charge in [0.1, 0.15) is 0 Å². The van der Waals surface area contributed by atoms with E-state index in [9.17, 15) is 9.59 Å². The number of carbonyl (C=O) groups is 2. The highest BCUT2D eigenvalue weighted by Gasteiger charge is 2.26. The molecule has 0 aliphatic heterocycles. The Labute approximate surface area is 128 Å². The van der Waals surface area contributed by atoms with Crippen LogP contribution in [0.5, 0.6) is 0 Å². The second kappa shape index (κ2) is 6.93. The van der Waals surface area contributed by atoms with E-state index >= 15 is 0 Å². The molecule has 2 rings (SSSR count). The maximum atomic E-state index is 11.9. The Bertz CT molecular complexity index is 499. The molecule has 21 heavy (non-hydrogen) atoms. The zero-order chi connectivity index (χ0) is 15.4. The van der Waals surface area contributed by atoms with Crippen molar-refractivity contribution in [3.05, 3.63) is 21.4 Å². The van der Waals surface area contributed by atoms with Gasteiger partial charge in [-0.2, -0.15) is 0 Å². The maximum absolute atomic E-state index is 11.9. The second-order valence-corrected chi connectivity index (χ2v) is 7.01. The third-order valence-electron chi connectivity index (χ3n) is 4.05. The first-order valence-corrected chi connectivity index (χ1v) is 8.10. The first-order chi connectivity index (χ1) is 9.95. The van der Waals surface area contributed by atoms with Gasteiger partial charge >= 0.3 is 12.0 Å². The Morgan fingerprint density at radius 2 is 1.95 bits per heavy atom. The van der Waals surface area contributed by atoms with E-state index in [0.29, 0.717) is 19.4 Å². The molecule has 1 saturated carbocycles. The number of rotatable bonds is 4. The molecule has 0 saturated heterocycles. The van der Waals surface area contributed by atoms with Crippen molar-refractivity contribution < 1.29 is 14.7 Å². The van der Waals surface area contributed by atoms with Gasteiger partial charge in [-0.15, -0.1) is 11.3 Å². The molecule has 0 bridgehead atoms. The van der Waals surface area contributed by atoms with Crippen molar-refractivity contribution in [1.82, 2.24) is 10.6 Å². The van der Waals surface area contributed by atoms with Crippen molar-refractivity contribution in [1.29, 1.82) is 0 Å². The number of hydrogen-bond acceptors (Lipinski definition) is 3. The SMILES string of the molecule is Cc1cc(CNC(=O)NC2CCC(C(=O)O)CC2)sc1C. The fraction of sp³-hybridized carbons (Fsp3) is 0.600. The Hall–Kier alpha value is -1.56. The number of thiophene rings is 1. The first-order valence-electron chi connectivity index (χ1n) is 7.28. The van der Waals surface area contributed by atoms with E-state index in [1.54, 1.807) is 11.3 Å². The third kappa shape index (κ3) is 4.46. The van der Waals surface area contributed by atoms with E-state index in [0.717, 1.165) is 17.7 Å². The summed E-state index contributed by atoms with van der Waals surface area (Å²) >= 11 is 1.70. The number of amides is 2. The molecule has 1 heterocycles. The highest BCUT2D eigenvalue weighted by atomic mass is 32.1. The lowest BCUT2D eigenvalue weighted by Crippen LogP contribution is -2.43. The van der Waals surface area contributed by atoms with Crippen molar-refractivity contribution in [3.63, 3.8) is 0 Å². The number of hydrogen-bond donors (Lipinski definition) is 3. The molecule has 6 heteroatoms. The zero-order valence-electron chi connectivity index (χ0n) is 12.4. The maximum Gasteiger partial charge on any atom is 0.315 e. The monoisotopic (exact) mass is 310 g/mol. The highest BCUT2D eigenvalue weighted by Crippen LogP contribution is 2.24. The summed E-state index contributed by atoms with van der Waals surface area (Å²) in [5, 5.41) is 14.7. The number of aliphatic carboxylic acids is 1. The largest absolute Gasteiger partial charge is 0.481 e. The predicted molar refractivity (Wildman–Crippen MR) is 82.5 cm³/mol. The number of carboxylic acids is 1. The van der Waals surface area contributed by atoms with Crippen LogP contribution >= 0.6 is 11.3 Å². The molecule has 0 unspecified atom stereocenters. The second-order valence-electron chi connectivity index (χ2n) is 5.67. The molecule has 116 valence electrons. The fourth-order valence-corrected chi connectivity index (χ4v) is 3.62. The van der Waals surface area contributed by atoms with E-state index in [1.165, 1.54) is 10.4 Å². The Kier molecular flexibility index (Phi) is 5.22. The molecular formula is C15H22N2O3S. The van der Waals surface area contributed by atoms with Gasteiger partial charge in [-0.05, 0) is 51.2 Å². The van der Waals surface area contributed by atoms with Crippen LogP contribution in [-0.4, -0.2) is 23.1 Å². The summed E-state index contributed by atoms with van der Waals surface area (Å²) in [6.07, 6.45) is 2.76. The standard InChI is InChI=1S/C15H22N2O3S/c1-9-7-13(21-10(9)2)8-16-15(20)17-12-5-3-11(4-6-12)14(18)19/h7,11-12H,3-6,8H2,1-2H3,(H,18,19)(H2,16,17,20). The summed E-state index contributed by atoms with van der Waals surface area (Å²) in [4.78, 5) is 25.2. The van der Waals surface area contributed by atoms with Crippen molar-refractivity contribution in [2.75, 3.05) is 0 Å². The predicted octanol–water partition coefficient (Wildman–Crippen LogP) is 2.81. The van der Waals surface area contributed by atoms with Crippen molar-refractivity contribution in [2.24, 2.45) is 5.92 Å². The smallest absolute Gasteiger partial charge is 0.315 e. The van der Waals surface area contributed by atoms with E-state index in [-0.39, 0.29) is 18.0 Å². The van der Waals surface area contributed by atoms with Gasteiger partial charge < -0.3 is 15.7 Å². The molecule has 1 aromatic heterocycles. The summed E-state index contributed by atoms with van der Waals surface area (Å²) in [5.74, 6) is -0.968. The van der Waals surface area contributed by atoms with Crippen molar-refractivity contribution in [3.8, 4) is 0 Å². The van der Waals surface area contributed by atoms with Crippen molar-refractivity contribution >= 4 is 23.3 Å². The van der Waals surface area contributed by atoms with Gasteiger partial charge in [-0.25, -0.2) is 4.79 Å². The number of urea groups is 1. The average molecular weight is 310 g/mol. The summed E-state index contributed by atoms with van der Waals surface area (Å²) < 4.78 is 0. The van der Waals surface area contributed by atoms with Gasteiger partial charge in [-0.1, -0.05) is 0 Å². The average Bonchev–Trinajstić information content (AvgIpc) is 2.76. The molecule has 0 atom stereocenters. The number of carbonyl (C=O) groups excluding carboxylic acids is 1. The van der Waals surface area contributed by atoms with Crippen LogP contribution in [0.15, 0.2) is 6.07 Å². The third-order valence-corrected chi connectivity index (χ3v) is 5.20. The normalized spacial score (nSPS) is 21.8. The van der Waals surface area contributed by atoms with Crippen LogP contribution in [0.1, 0.15) is 41.0 Å². The Morgan fingerprint density at radius 1 is 1.29 bits per heavy atom. The molecule has 5 nitrogen and oxygen atoms in total.